The van der Waals surface area contributed by atoms with Crippen molar-refractivity contribution in [2.75, 3.05) is 0 Å². The maximum absolute atomic E-state index is 9.12. The van der Waals surface area contributed by atoms with Crippen molar-refractivity contribution in [1.82, 2.24) is 5.32 Å². The molecular formula is C13H19NO. The van der Waals surface area contributed by atoms with Crippen LogP contribution in [0.2, 0.25) is 0 Å². The predicted molar refractivity (Wildman–Crippen MR) is 63.8 cm³/mol. The van der Waals surface area contributed by atoms with Crippen molar-refractivity contribution in [3.05, 3.63) is 42.5 Å². The van der Waals surface area contributed by atoms with E-state index in [2.05, 4.69) is 18.8 Å². The van der Waals surface area contributed by atoms with Gasteiger partial charge in [-0.1, -0.05) is 18.2 Å². The molecule has 1 rings (SSSR count). The van der Waals surface area contributed by atoms with Gasteiger partial charge in [-0.15, -0.1) is 6.58 Å². The maximum Gasteiger partial charge on any atom is 0.115 e. The number of allylic oxidation sites excluding steroid dienone is 1. The van der Waals surface area contributed by atoms with E-state index in [0.717, 1.165) is 19.4 Å². The van der Waals surface area contributed by atoms with E-state index in [1.807, 2.05) is 18.2 Å². The summed E-state index contributed by atoms with van der Waals surface area (Å²) in [6.07, 6.45) is 4.10. The van der Waals surface area contributed by atoms with Crippen molar-refractivity contribution in [3.63, 3.8) is 0 Å². The van der Waals surface area contributed by atoms with Crippen LogP contribution >= 0.6 is 0 Å². The van der Waals surface area contributed by atoms with Gasteiger partial charge in [0.2, 0.25) is 0 Å². The number of phenolic OH excluding ortho intramolecular Hbond substituents is 1. The normalized spacial score (nSPS) is 12.3. The Hall–Kier alpha value is -1.28. The van der Waals surface area contributed by atoms with Gasteiger partial charge in [-0.2, -0.15) is 0 Å². The van der Waals surface area contributed by atoms with E-state index in [9.17, 15) is 0 Å². The van der Waals surface area contributed by atoms with E-state index in [4.69, 9.17) is 5.11 Å². The van der Waals surface area contributed by atoms with Crippen molar-refractivity contribution >= 4 is 0 Å². The van der Waals surface area contributed by atoms with Crippen LogP contribution in [0.25, 0.3) is 0 Å². The van der Waals surface area contributed by atoms with Crippen molar-refractivity contribution in [2.24, 2.45) is 0 Å². The van der Waals surface area contributed by atoms with Gasteiger partial charge in [-0.05, 0) is 37.5 Å². The zero-order chi connectivity index (χ0) is 11.1. The molecular weight excluding hydrogens is 186 g/mol. The number of hydrogen-bond acceptors (Lipinski definition) is 2. The highest BCUT2D eigenvalue weighted by Gasteiger charge is 1.99. The Morgan fingerprint density at radius 3 is 2.67 bits per heavy atom. The van der Waals surface area contributed by atoms with E-state index >= 15 is 0 Å². The Labute approximate surface area is 91.6 Å². The quantitative estimate of drug-likeness (QED) is 0.700. The van der Waals surface area contributed by atoms with E-state index in [1.165, 1.54) is 5.56 Å². The molecule has 0 fully saturated rings. The minimum atomic E-state index is 0.318. The zero-order valence-electron chi connectivity index (χ0n) is 9.24. The lowest BCUT2D eigenvalue weighted by molar-refractivity contribution is 0.474. The van der Waals surface area contributed by atoms with Gasteiger partial charge in [0.15, 0.2) is 0 Å². The fourth-order valence-electron chi connectivity index (χ4n) is 1.38. The van der Waals surface area contributed by atoms with Crippen LogP contribution in [0.1, 0.15) is 25.3 Å². The summed E-state index contributed by atoms with van der Waals surface area (Å²) in [4.78, 5) is 0. The number of aromatic hydroxyl groups is 1. The molecule has 1 aromatic rings. The molecule has 0 heterocycles. The minimum absolute atomic E-state index is 0.318. The summed E-state index contributed by atoms with van der Waals surface area (Å²) in [6.45, 7) is 6.72. The fraction of sp³-hybridized carbons (Fsp3) is 0.385. The van der Waals surface area contributed by atoms with Crippen LogP contribution in [0.5, 0.6) is 5.75 Å². The van der Waals surface area contributed by atoms with Gasteiger partial charge in [0, 0.05) is 12.6 Å². The van der Waals surface area contributed by atoms with Crippen molar-refractivity contribution in [2.45, 2.75) is 32.4 Å². The molecule has 15 heavy (non-hydrogen) atoms. The average Bonchev–Trinajstić information content (AvgIpc) is 2.25. The third kappa shape index (κ3) is 4.66. The molecule has 0 saturated heterocycles. The topological polar surface area (TPSA) is 32.3 Å². The van der Waals surface area contributed by atoms with Gasteiger partial charge in [-0.3, -0.25) is 0 Å². The zero-order valence-corrected chi connectivity index (χ0v) is 9.24. The molecule has 0 spiro atoms. The van der Waals surface area contributed by atoms with Crippen LogP contribution in [0.4, 0.5) is 0 Å². The number of hydrogen-bond donors (Lipinski definition) is 2. The largest absolute Gasteiger partial charge is 0.508 e. The molecule has 0 aliphatic heterocycles. The van der Waals surface area contributed by atoms with Gasteiger partial charge in [0.05, 0.1) is 0 Å². The first-order chi connectivity index (χ1) is 7.22. The lowest BCUT2D eigenvalue weighted by Crippen LogP contribution is -2.25. The first-order valence-corrected chi connectivity index (χ1v) is 5.34. The molecule has 82 valence electrons. The van der Waals surface area contributed by atoms with Crippen molar-refractivity contribution in [3.8, 4) is 5.75 Å². The van der Waals surface area contributed by atoms with Gasteiger partial charge in [-0.25, -0.2) is 0 Å². The summed E-state index contributed by atoms with van der Waals surface area (Å²) in [5.41, 5.74) is 1.19. The molecule has 2 nitrogen and oxygen atoms in total. The number of phenols is 1. The van der Waals surface area contributed by atoms with Gasteiger partial charge < -0.3 is 10.4 Å². The minimum Gasteiger partial charge on any atom is -0.508 e. The lowest BCUT2D eigenvalue weighted by atomic mass is 10.1. The fourth-order valence-corrected chi connectivity index (χ4v) is 1.38. The Balaban J connectivity index is 2.30. The summed E-state index contributed by atoms with van der Waals surface area (Å²) in [5, 5.41) is 12.5. The molecule has 0 aliphatic rings. The van der Waals surface area contributed by atoms with E-state index < -0.39 is 0 Å². The molecule has 0 saturated carbocycles. The van der Waals surface area contributed by atoms with E-state index in [-0.39, 0.29) is 0 Å². The Morgan fingerprint density at radius 1 is 1.40 bits per heavy atom. The maximum atomic E-state index is 9.12. The number of rotatable bonds is 6. The number of benzene rings is 1. The third-order valence-electron chi connectivity index (χ3n) is 2.39. The first kappa shape index (κ1) is 11.8. The monoisotopic (exact) mass is 205 g/mol. The molecule has 2 heteroatoms. The third-order valence-corrected chi connectivity index (χ3v) is 2.39. The summed E-state index contributed by atoms with van der Waals surface area (Å²) in [7, 11) is 0. The van der Waals surface area contributed by atoms with E-state index in [0.29, 0.717) is 11.8 Å². The first-order valence-electron chi connectivity index (χ1n) is 5.34. The van der Waals surface area contributed by atoms with Gasteiger partial charge >= 0.3 is 0 Å². The van der Waals surface area contributed by atoms with Crippen LogP contribution < -0.4 is 5.32 Å². The van der Waals surface area contributed by atoms with Crippen LogP contribution in [-0.4, -0.2) is 11.1 Å². The van der Waals surface area contributed by atoms with Gasteiger partial charge in [0.25, 0.3) is 0 Å². The second-order valence-corrected chi connectivity index (χ2v) is 3.81. The van der Waals surface area contributed by atoms with Gasteiger partial charge in [0.1, 0.15) is 5.75 Å². The highest BCUT2D eigenvalue weighted by atomic mass is 16.3. The van der Waals surface area contributed by atoms with Crippen molar-refractivity contribution in [1.29, 1.82) is 0 Å². The molecule has 1 unspecified atom stereocenters. The molecule has 0 amide bonds. The summed E-state index contributed by atoms with van der Waals surface area (Å²) < 4.78 is 0. The summed E-state index contributed by atoms with van der Waals surface area (Å²) in [5.74, 6) is 0.318. The molecule has 1 aromatic carbocycles. The predicted octanol–water partition coefficient (Wildman–Crippen LogP) is 2.84. The molecule has 0 aliphatic carbocycles. The molecule has 0 aromatic heterocycles. The smallest absolute Gasteiger partial charge is 0.115 e. The van der Waals surface area contributed by atoms with Crippen molar-refractivity contribution < 1.29 is 5.11 Å². The Bertz CT molecular complexity index is 292. The Kier molecular flexibility index (Phi) is 4.91. The second-order valence-electron chi connectivity index (χ2n) is 3.81. The highest BCUT2D eigenvalue weighted by Crippen LogP contribution is 2.09. The number of nitrogens with one attached hydrogen (secondary N) is 1. The molecule has 0 bridgehead atoms. The second kappa shape index (κ2) is 6.25. The van der Waals surface area contributed by atoms with E-state index in [1.54, 1.807) is 12.1 Å². The highest BCUT2D eigenvalue weighted by molar-refractivity contribution is 5.25. The van der Waals surface area contributed by atoms with Crippen LogP contribution in [0, 0.1) is 0 Å². The summed E-state index contributed by atoms with van der Waals surface area (Å²) >= 11 is 0. The van der Waals surface area contributed by atoms with Crippen LogP contribution in [-0.2, 0) is 6.54 Å². The molecule has 1 atom stereocenters. The summed E-state index contributed by atoms with van der Waals surface area (Å²) in [6, 6.07) is 7.79. The lowest BCUT2D eigenvalue weighted by Gasteiger charge is -2.12. The molecule has 0 radical (unpaired) electrons. The average molecular weight is 205 g/mol. The SMILES string of the molecule is C=CCCC(C)NCc1ccc(O)cc1. The Morgan fingerprint density at radius 2 is 2.07 bits per heavy atom. The van der Waals surface area contributed by atoms with Crippen LogP contribution in [0.15, 0.2) is 36.9 Å². The van der Waals surface area contributed by atoms with Crippen LogP contribution in [0.3, 0.4) is 0 Å². The molecule has 2 N–H and O–H groups in total. The standard InChI is InChI=1S/C13H19NO/c1-3-4-5-11(2)14-10-12-6-8-13(15)9-7-12/h3,6-9,11,14-15H,1,4-5,10H2,2H3.